The maximum Gasteiger partial charge on any atom is 0.331 e. The van der Waals surface area contributed by atoms with E-state index in [1.54, 1.807) is 20.8 Å². The number of carbonyl (C=O) groups is 2. The first-order valence-electron chi connectivity index (χ1n) is 8.11. The lowest BCUT2D eigenvalue weighted by atomic mass is 9.65. The molecule has 0 N–H and O–H groups in total. The van der Waals surface area contributed by atoms with Crippen molar-refractivity contribution in [2.45, 2.75) is 57.5 Å². The third-order valence-corrected chi connectivity index (χ3v) is 4.29. The SMILES string of the molecule is CC(C)(C)OC(=O)C(C#N)(c1ccc(F)cc1)C1CCCC(=O)C1. The van der Waals surface area contributed by atoms with Gasteiger partial charge in [0.05, 0.1) is 6.07 Å². The molecular formula is C19H22FNO3. The number of halogens is 1. The topological polar surface area (TPSA) is 67.2 Å². The Morgan fingerprint density at radius 1 is 1.29 bits per heavy atom. The molecule has 1 aliphatic carbocycles. The van der Waals surface area contributed by atoms with Gasteiger partial charge < -0.3 is 4.74 Å². The summed E-state index contributed by atoms with van der Waals surface area (Å²) in [5, 5.41) is 9.95. The molecule has 5 heteroatoms. The summed E-state index contributed by atoms with van der Waals surface area (Å²) in [4.78, 5) is 24.9. The second kappa shape index (κ2) is 6.72. The van der Waals surface area contributed by atoms with Gasteiger partial charge in [0.15, 0.2) is 5.41 Å². The van der Waals surface area contributed by atoms with Crippen molar-refractivity contribution < 1.29 is 18.7 Å². The van der Waals surface area contributed by atoms with Crippen molar-refractivity contribution in [3.63, 3.8) is 0 Å². The lowest BCUT2D eigenvalue weighted by molar-refractivity contribution is -0.162. The van der Waals surface area contributed by atoms with Gasteiger partial charge >= 0.3 is 5.97 Å². The number of ketones is 1. The maximum atomic E-state index is 13.3. The summed E-state index contributed by atoms with van der Waals surface area (Å²) in [6.45, 7) is 5.18. The van der Waals surface area contributed by atoms with Crippen LogP contribution in [0.25, 0.3) is 0 Å². The highest BCUT2D eigenvalue weighted by Crippen LogP contribution is 2.42. The van der Waals surface area contributed by atoms with Crippen LogP contribution in [-0.4, -0.2) is 17.4 Å². The molecule has 0 aliphatic heterocycles. The number of benzene rings is 1. The van der Waals surface area contributed by atoms with Gasteiger partial charge in [-0.3, -0.25) is 4.79 Å². The van der Waals surface area contributed by atoms with Gasteiger partial charge in [0, 0.05) is 12.8 Å². The molecule has 1 aliphatic rings. The highest BCUT2D eigenvalue weighted by Gasteiger charge is 2.51. The van der Waals surface area contributed by atoms with E-state index in [-0.39, 0.29) is 12.2 Å². The zero-order valence-corrected chi connectivity index (χ0v) is 14.3. The summed E-state index contributed by atoms with van der Waals surface area (Å²) in [6.07, 6.45) is 1.84. The van der Waals surface area contributed by atoms with Crippen LogP contribution in [-0.2, 0) is 19.7 Å². The minimum absolute atomic E-state index is 0.0385. The van der Waals surface area contributed by atoms with Gasteiger partial charge in [-0.25, -0.2) is 9.18 Å². The zero-order chi connectivity index (χ0) is 18.0. The number of ether oxygens (including phenoxy) is 1. The van der Waals surface area contributed by atoms with Crippen molar-refractivity contribution in [2.24, 2.45) is 5.92 Å². The largest absolute Gasteiger partial charge is 0.459 e. The Labute approximate surface area is 141 Å². The predicted octanol–water partition coefficient (Wildman–Crippen LogP) is 3.69. The summed E-state index contributed by atoms with van der Waals surface area (Å²) in [5.74, 6) is -1.56. The van der Waals surface area contributed by atoms with Crippen molar-refractivity contribution in [3.8, 4) is 6.07 Å². The fraction of sp³-hybridized carbons (Fsp3) is 0.526. The standard InChI is InChI=1S/C19H22FNO3/c1-18(2,3)24-17(23)19(12-21,13-7-9-15(20)10-8-13)14-5-4-6-16(22)11-14/h7-10,14H,4-6,11H2,1-3H3. The molecule has 2 rings (SSSR count). The number of hydrogen-bond acceptors (Lipinski definition) is 4. The van der Waals surface area contributed by atoms with Crippen LogP contribution in [0.4, 0.5) is 4.39 Å². The molecule has 0 heterocycles. The molecule has 0 amide bonds. The van der Waals surface area contributed by atoms with E-state index in [4.69, 9.17) is 4.74 Å². The third kappa shape index (κ3) is 3.64. The van der Waals surface area contributed by atoms with Gasteiger partial charge in [-0.15, -0.1) is 0 Å². The summed E-state index contributed by atoms with van der Waals surface area (Å²) < 4.78 is 18.8. The minimum atomic E-state index is -1.60. The zero-order valence-electron chi connectivity index (χ0n) is 14.3. The van der Waals surface area contributed by atoms with E-state index in [2.05, 4.69) is 6.07 Å². The highest BCUT2D eigenvalue weighted by atomic mass is 19.1. The van der Waals surface area contributed by atoms with E-state index in [1.807, 2.05) is 0 Å². The van der Waals surface area contributed by atoms with Crippen LogP contribution in [0.1, 0.15) is 52.0 Å². The van der Waals surface area contributed by atoms with Crippen LogP contribution in [0.3, 0.4) is 0 Å². The number of esters is 1. The van der Waals surface area contributed by atoms with Gasteiger partial charge in [-0.1, -0.05) is 12.1 Å². The van der Waals surface area contributed by atoms with Crippen molar-refractivity contribution >= 4 is 11.8 Å². The Hall–Kier alpha value is -2.22. The van der Waals surface area contributed by atoms with Gasteiger partial charge in [0.25, 0.3) is 0 Å². The summed E-state index contributed by atoms with van der Waals surface area (Å²) in [6, 6.07) is 7.42. The first-order valence-corrected chi connectivity index (χ1v) is 8.11. The molecule has 0 radical (unpaired) electrons. The predicted molar refractivity (Wildman–Crippen MR) is 86.5 cm³/mol. The number of hydrogen-bond donors (Lipinski definition) is 0. The molecule has 1 aromatic rings. The van der Waals surface area contributed by atoms with Crippen molar-refractivity contribution in [1.29, 1.82) is 5.26 Å². The van der Waals surface area contributed by atoms with Gasteiger partial charge in [0.1, 0.15) is 17.2 Å². The highest BCUT2D eigenvalue weighted by molar-refractivity contribution is 5.89. The van der Waals surface area contributed by atoms with E-state index < -0.39 is 28.7 Å². The average Bonchev–Trinajstić information content (AvgIpc) is 2.48. The van der Waals surface area contributed by atoms with Gasteiger partial charge in [0.2, 0.25) is 0 Å². The normalized spacial score (nSPS) is 20.8. The van der Waals surface area contributed by atoms with Gasteiger partial charge in [-0.05, 0) is 57.2 Å². The van der Waals surface area contributed by atoms with Crippen LogP contribution in [0.2, 0.25) is 0 Å². The van der Waals surface area contributed by atoms with E-state index >= 15 is 0 Å². The average molecular weight is 331 g/mol. The Kier molecular flexibility index (Phi) is 5.08. The second-order valence-electron chi connectivity index (χ2n) is 7.26. The number of nitrogens with zero attached hydrogens (tertiary/aromatic N) is 1. The molecule has 24 heavy (non-hydrogen) atoms. The van der Waals surface area contributed by atoms with Crippen molar-refractivity contribution in [3.05, 3.63) is 35.6 Å². The summed E-state index contributed by atoms with van der Waals surface area (Å²) in [7, 11) is 0. The molecular weight excluding hydrogens is 309 g/mol. The first-order chi connectivity index (χ1) is 11.2. The maximum absolute atomic E-state index is 13.3. The first kappa shape index (κ1) is 18.1. The Morgan fingerprint density at radius 2 is 1.92 bits per heavy atom. The molecule has 1 aromatic carbocycles. The van der Waals surface area contributed by atoms with Crippen LogP contribution < -0.4 is 0 Å². The second-order valence-corrected chi connectivity index (χ2v) is 7.26. The quantitative estimate of drug-likeness (QED) is 0.792. The molecule has 0 bridgehead atoms. The lowest BCUT2D eigenvalue weighted by Gasteiger charge is -2.37. The van der Waals surface area contributed by atoms with E-state index in [9.17, 15) is 19.2 Å². The fourth-order valence-corrected chi connectivity index (χ4v) is 3.19. The number of carbonyl (C=O) groups excluding carboxylic acids is 2. The number of nitriles is 1. The Bertz CT molecular complexity index is 669. The van der Waals surface area contributed by atoms with E-state index in [1.165, 1.54) is 24.3 Å². The van der Waals surface area contributed by atoms with E-state index in [0.717, 1.165) is 0 Å². The molecule has 2 atom stereocenters. The molecule has 0 spiro atoms. The summed E-state index contributed by atoms with van der Waals surface area (Å²) >= 11 is 0. The molecule has 1 saturated carbocycles. The molecule has 4 nitrogen and oxygen atoms in total. The third-order valence-electron chi connectivity index (χ3n) is 4.29. The Balaban J connectivity index is 2.53. The molecule has 1 fully saturated rings. The van der Waals surface area contributed by atoms with E-state index in [0.29, 0.717) is 24.8 Å². The molecule has 2 unspecified atom stereocenters. The van der Waals surface area contributed by atoms with Crippen LogP contribution in [0.15, 0.2) is 24.3 Å². The fourth-order valence-electron chi connectivity index (χ4n) is 3.19. The molecule has 0 saturated heterocycles. The van der Waals surface area contributed by atoms with Crippen molar-refractivity contribution in [2.75, 3.05) is 0 Å². The monoisotopic (exact) mass is 331 g/mol. The number of Topliss-reactive ketones (excluding diaryl/α,β-unsaturated/α-hetero) is 1. The molecule has 0 aromatic heterocycles. The number of rotatable bonds is 3. The summed E-state index contributed by atoms with van der Waals surface area (Å²) in [5.41, 5.74) is -1.99. The van der Waals surface area contributed by atoms with Crippen molar-refractivity contribution in [1.82, 2.24) is 0 Å². The van der Waals surface area contributed by atoms with Gasteiger partial charge in [-0.2, -0.15) is 5.26 Å². The van der Waals surface area contributed by atoms with Crippen LogP contribution in [0.5, 0.6) is 0 Å². The molecule has 128 valence electrons. The minimum Gasteiger partial charge on any atom is -0.459 e. The van der Waals surface area contributed by atoms with Crippen LogP contribution >= 0.6 is 0 Å². The Morgan fingerprint density at radius 3 is 2.42 bits per heavy atom. The van der Waals surface area contributed by atoms with Crippen LogP contribution in [0, 0.1) is 23.1 Å². The lowest BCUT2D eigenvalue weighted by Crippen LogP contribution is -2.47. The smallest absolute Gasteiger partial charge is 0.331 e.